The fourth-order valence-corrected chi connectivity index (χ4v) is 2.32. The Labute approximate surface area is 123 Å². The van der Waals surface area contributed by atoms with E-state index in [0.29, 0.717) is 18.7 Å². The van der Waals surface area contributed by atoms with Crippen molar-refractivity contribution in [2.45, 2.75) is 13.0 Å². The van der Waals surface area contributed by atoms with E-state index < -0.39 is 5.97 Å². The van der Waals surface area contributed by atoms with Crippen molar-refractivity contribution < 1.29 is 19.2 Å². The second kappa shape index (κ2) is 7.55. The molecule has 3 nitrogen and oxygen atoms in total. The molecule has 0 aromatic heterocycles. The van der Waals surface area contributed by atoms with Crippen molar-refractivity contribution in [1.29, 1.82) is 0 Å². The highest BCUT2D eigenvalue weighted by Crippen LogP contribution is 2.04. The molecule has 2 aromatic rings. The van der Waals surface area contributed by atoms with E-state index in [1.807, 2.05) is 30.3 Å². The number of rotatable bonds is 7. The normalized spacial score (nSPS) is 12.0. The van der Waals surface area contributed by atoms with Crippen LogP contribution in [0.3, 0.4) is 0 Å². The zero-order valence-electron chi connectivity index (χ0n) is 11.7. The molecule has 0 amide bonds. The molecule has 0 aliphatic heterocycles. The Bertz CT molecular complexity index is 586. The van der Waals surface area contributed by atoms with Gasteiger partial charge in [-0.25, -0.2) is 4.39 Å². The lowest BCUT2D eigenvalue weighted by Crippen LogP contribution is -3.12. The van der Waals surface area contributed by atoms with Crippen LogP contribution in [0.15, 0.2) is 54.6 Å². The molecule has 4 heteroatoms. The van der Waals surface area contributed by atoms with Crippen LogP contribution in [0.4, 0.5) is 4.39 Å². The molecule has 0 heterocycles. The van der Waals surface area contributed by atoms with Crippen LogP contribution in [0.2, 0.25) is 0 Å². The van der Waals surface area contributed by atoms with Crippen LogP contribution >= 0.6 is 0 Å². The van der Waals surface area contributed by atoms with Crippen LogP contribution in [0, 0.1) is 5.82 Å². The van der Waals surface area contributed by atoms with Crippen molar-refractivity contribution in [3.05, 3.63) is 71.5 Å². The average Bonchev–Trinajstić information content (AvgIpc) is 2.48. The Morgan fingerprint density at radius 2 is 1.71 bits per heavy atom. The Hall–Kier alpha value is -2.20. The molecular formula is C17H18FNO2. The molecule has 1 atom stereocenters. The number of hydrogen-bond acceptors (Lipinski definition) is 2. The highest BCUT2D eigenvalue weighted by Gasteiger charge is 2.13. The molecule has 2 rings (SSSR count). The number of carbonyl (C=O) groups excluding carboxylic acids is 1. The van der Waals surface area contributed by atoms with Crippen molar-refractivity contribution in [1.82, 2.24) is 0 Å². The predicted molar refractivity (Wildman–Crippen MR) is 76.0 cm³/mol. The quantitative estimate of drug-likeness (QED) is 0.791. The molecule has 0 fully saturated rings. The maximum absolute atomic E-state index is 13.7. The van der Waals surface area contributed by atoms with Crippen LogP contribution in [0.25, 0.3) is 0 Å². The van der Waals surface area contributed by atoms with Crippen LogP contribution in [0.5, 0.6) is 0 Å². The molecule has 110 valence electrons. The van der Waals surface area contributed by atoms with Gasteiger partial charge in [0.2, 0.25) is 0 Å². The third kappa shape index (κ3) is 5.00. The van der Waals surface area contributed by atoms with E-state index >= 15 is 0 Å². The van der Waals surface area contributed by atoms with Crippen molar-refractivity contribution in [3.8, 4) is 0 Å². The summed E-state index contributed by atoms with van der Waals surface area (Å²) in [5.41, 5.74) is 1.67. The van der Waals surface area contributed by atoms with E-state index in [1.54, 1.807) is 18.2 Å². The highest BCUT2D eigenvalue weighted by atomic mass is 19.1. The Kier molecular flexibility index (Phi) is 5.46. The fraction of sp³-hybridized carbons (Fsp3) is 0.235. The van der Waals surface area contributed by atoms with Gasteiger partial charge in [0.15, 0.2) is 0 Å². The van der Waals surface area contributed by atoms with Crippen molar-refractivity contribution in [2.24, 2.45) is 0 Å². The fourth-order valence-electron chi connectivity index (χ4n) is 2.32. The highest BCUT2D eigenvalue weighted by molar-refractivity contribution is 5.65. The lowest BCUT2D eigenvalue weighted by atomic mass is 10.1. The van der Waals surface area contributed by atoms with Crippen molar-refractivity contribution >= 4 is 5.97 Å². The largest absolute Gasteiger partial charge is 0.544 e. The number of nitrogens with one attached hydrogen (secondary N) is 1. The lowest BCUT2D eigenvalue weighted by Gasteiger charge is -2.20. The molecule has 2 aromatic carbocycles. The van der Waals surface area contributed by atoms with Gasteiger partial charge >= 0.3 is 0 Å². The molecule has 1 unspecified atom stereocenters. The predicted octanol–water partition coefficient (Wildman–Crippen LogP) is 0.203. The number of carboxylic acid groups (broad SMARTS) is 1. The molecule has 0 bridgehead atoms. The molecule has 0 spiro atoms. The first-order valence-electron chi connectivity index (χ1n) is 6.96. The summed E-state index contributed by atoms with van der Waals surface area (Å²) in [5, 5.41) is 10.9. The van der Waals surface area contributed by atoms with Gasteiger partial charge in [-0.3, -0.25) is 0 Å². The zero-order chi connectivity index (χ0) is 15.1. The average molecular weight is 287 g/mol. The number of carboxylic acids is 1. The van der Waals surface area contributed by atoms with Gasteiger partial charge in [-0.2, -0.15) is 0 Å². The van der Waals surface area contributed by atoms with Crippen LogP contribution in [-0.4, -0.2) is 19.1 Å². The van der Waals surface area contributed by atoms with Gasteiger partial charge in [0.05, 0.1) is 12.5 Å². The molecule has 0 radical (unpaired) electrons. The Morgan fingerprint density at radius 3 is 2.38 bits per heavy atom. The van der Waals surface area contributed by atoms with Crippen molar-refractivity contribution in [2.75, 3.05) is 13.1 Å². The SMILES string of the molecule is O=C([O-])C[NH+](CCc1ccccc1)Cc1ccccc1F. The van der Waals surface area contributed by atoms with Gasteiger partial charge < -0.3 is 14.8 Å². The topological polar surface area (TPSA) is 44.6 Å². The Balaban J connectivity index is 2.01. The molecular weight excluding hydrogens is 269 g/mol. The van der Waals surface area contributed by atoms with E-state index in [2.05, 4.69) is 0 Å². The summed E-state index contributed by atoms with van der Waals surface area (Å²) in [6, 6.07) is 16.3. The number of aliphatic carboxylic acids is 1. The van der Waals surface area contributed by atoms with Crippen molar-refractivity contribution in [3.63, 3.8) is 0 Å². The minimum atomic E-state index is -1.12. The smallest absolute Gasteiger partial charge is 0.132 e. The van der Waals surface area contributed by atoms with Gasteiger partial charge in [0.25, 0.3) is 0 Å². The summed E-state index contributed by atoms with van der Waals surface area (Å²) >= 11 is 0. The van der Waals surface area contributed by atoms with E-state index in [1.165, 1.54) is 6.07 Å². The summed E-state index contributed by atoms with van der Waals surface area (Å²) in [7, 11) is 0. The van der Waals surface area contributed by atoms with E-state index in [0.717, 1.165) is 16.9 Å². The van der Waals surface area contributed by atoms with Crippen LogP contribution in [-0.2, 0) is 17.8 Å². The van der Waals surface area contributed by atoms with Crippen LogP contribution in [0.1, 0.15) is 11.1 Å². The molecule has 0 aliphatic carbocycles. The summed E-state index contributed by atoms with van der Waals surface area (Å²) in [4.78, 5) is 11.7. The minimum absolute atomic E-state index is 0.124. The van der Waals surface area contributed by atoms with E-state index in [-0.39, 0.29) is 12.4 Å². The van der Waals surface area contributed by atoms with E-state index in [9.17, 15) is 14.3 Å². The maximum Gasteiger partial charge on any atom is 0.132 e. The first kappa shape index (κ1) is 15.2. The summed E-state index contributed by atoms with van der Waals surface area (Å²) in [6.07, 6.45) is 0.748. The molecule has 0 aliphatic rings. The third-order valence-electron chi connectivity index (χ3n) is 3.40. The number of quaternary nitrogens is 1. The number of carbonyl (C=O) groups is 1. The number of halogens is 1. The molecule has 1 N–H and O–H groups in total. The van der Waals surface area contributed by atoms with Gasteiger partial charge in [-0.05, 0) is 11.6 Å². The first-order valence-corrected chi connectivity index (χ1v) is 6.96. The number of hydrogen-bond donors (Lipinski definition) is 1. The summed E-state index contributed by atoms with van der Waals surface area (Å²) < 4.78 is 13.7. The standard InChI is InChI=1S/C17H18FNO2/c18-16-9-5-4-8-15(16)12-19(13-17(20)21)11-10-14-6-2-1-3-7-14/h1-9H,10-13H2,(H,20,21). The minimum Gasteiger partial charge on any atom is -0.544 e. The number of benzene rings is 2. The third-order valence-corrected chi connectivity index (χ3v) is 3.40. The molecule has 21 heavy (non-hydrogen) atoms. The van der Waals surface area contributed by atoms with Gasteiger partial charge in [-0.1, -0.05) is 48.5 Å². The monoisotopic (exact) mass is 287 g/mol. The molecule has 0 saturated carbocycles. The first-order chi connectivity index (χ1) is 10.1. The summed E-state index contributed by atoms with van der Waals surface area (Å²) in [5.74, 6) is -1.41. The van der Waals surface area contributed by atoms with E-state index in [4.69, 9.17) is 0 Å². The Morgan fingerprint density at radius 1 is 1.05 bits per heavy atom. The molecule has 0 saturated heterocycles. The second-order valence-electron chi connectivity index (χ2n) is 5.05. The lowest BCUT2D eigenvalue weighted by molar-refractivity contribution is -0.908. The van der Waals surface area contributed by atoms with Gasteiger partial charge in [0.1, 0.15) is 18.9 Å². The summed E-state index contributed by atoms with van der Waals surface area (Å²) in [6.45, 7) is 0.834. The van der Waals surface area contributed by atoms with Gasteiger partial charge in [-0.15, -0.1) is 0 Å². The van der Waals surface area contributed by atoms with Gasteiger partial charge in [0, 0.05) is 12.0 Å². The van der Waals surface area contributed by atoms with Crippen LogP contribution < -0.4 is 10.0 Å². The zero-order valence-corrected chi connectivity index (χ0v) is 11.7. The second-order valence-corrected chi connectivity index (χ2v) is 5.05. The maximum atomic E-state index is 13.7.